The largest absolute Gasteiger partial charge is 0.324 e. The summed E-state index contributed by atoms with van der Waals surface area (Å²) in [7, 11) is 0. The van der Waals surface area contributed by atoms with E-state index >= 15 is 0 Å². The van der Waals surface area contributed by atoms with Gasteiger partial charge in [-0.15, -0.1) is 0 Å². The van der Waals surface area contributed by atoms with E-state index in [2.05, 4.69) is 27.7 Å². The first-order valence-electron chi connectivity index (χ1n) is 5.93. The average Bonchev–Trinajstić information content (AvgIpc) is 2.20. The lowest BCUT2D eigenvalue weighted by Gasteiger charge is -2.29. The molecule has 3 heteroatoms. The fourth-order valence-electron chi connectivity index (χ4n) is 1.67. The average molecular weight is 241 g/mol. The summed E-state index contributed by atoms with van der Waals surface area (Å²) in [5, 5.41) is 0. The van der Waals surface area contributed by atoms with E-state index in [-0.39, 0.29) is 11.0 Å². The Morgan fingerprint density at radius 3 is 2.35 bits per heavy atom. The Balaban J connectivity index is 2.84. The summed E-state index contributed by atoms with van der Waals surface area (Å²) < 4.78 is 26.6. The van der Waals surface area contributed by atoms with E-state index in [4.69, 9.17) is 5.73 Å². The molecule has 1 rings (SSSR count). The van der Waals surface area contributed by atoms with E-state index in [1.165, 1.54) is 6.07 Å². The van der Waals surface area contributed by atoms with Gasteiger partial charge < -0.3 is 5.73 Å². The van der Waals surface area contributed by atoms with Crippen LogP contribution in [0.3, 0.4) is 0 Å². The van der Waals surface area contributed by atoms with E-state index in [0.717, 1.165) is 6.07 Å². The van der Waals surface area contributed by atoms with Gasteiger partial charge in [0.2, 0.25) is 0 Å². The van der Waals surface area contributed by atoms with Crippen molar-refractivity contribution in [2.24, 2.45) is 17.1 Å². The molecule has 0 aliphatic heterocycles. The van der Waals surface area contributed by atoms with Gasteiger partial charge in [-0.25, -0.2) is 8.78 Å². The van der Waals surface area contributed by atoms with Crippen LogP contribution >= 0.6 is 0 Å². The van der Waals surface area contributed by atoms with Crippen molar-refractivity contribution in [3.63, 3.8) is 0 Å². The van der Waals surface area contributed by atoms with Gasteiger partial charge in [0.15, 0.2) is 11.6 Å². The fraction of sp³-hybridized carbons (Fsp3) is 0.571. The van der Waals surface area contributed by atoms with Crippen LogP contribution in [-0.4, -0.2) is 0 Å². The standard InChI is InChI=1S/C14H21F2N/c1-9(14(2,3)4)8-12(17)10-6-5-7-11(15)13(10)16/h5-7,9,12H,8,17H2,1-4H3. The molecule has 2 N–H and O–H groups in total. The van der Waals surface area contributed by atoms with Crippen LogP contribution in [0.1, 0.15) is 45.7 Å². The second kappa shape index (κ2) is 5.13. The van der Waals surface area contributed by atoms with Crippen LogP contribution in [0.4, 0.5) is 8.78 Å². The third kappa shape index (κ3) is 3.50. The van der Waals surface area contributed by atoms with Gasteiger partial charge in [-0.3, -0.25) is 0 Å². The molecule has 2 unspecified atom stereocenters. The third-order valence-electron chi connectivity index (χ3n) is 3.47. The summed E-state index contributed by atoms with van der Waals surface area (Å²) in [6.45, 7) is 8.43. The lowest BCUT2D eigenvalue weighted by atomic mass is 9.78. The first-order valence-corrected chi connectivity index (χ1v) is 5.93. The maximum atomic E-state index is 13.5. The second-order valence-corrected chi connectivity index (χ2v) is 5.75. The molecule has 2 atom stereocenters. The second-order valence-electron chi connectivity index (χ2n) is 5.75. The number of hydrogen-bond acceptors (Lipinski definition) is 1. The summed E-state index contributed by atoms with van der Waals surface area (Å²) in [6, 6.07) is 3.70. The molecule has 0 saturated heterocycles. The first kappa shape index (κ1) is 14.1. The number of nitrogens with two attached hydrogens (primary N) is 1. The fourth-order valence-corrected chi connectivity index (χ4v) is 1.67. The molecular formula is C14H21F2N. The van der Waals surface area contributed by atoms with Crippen LogP contribution in [0.25, 0.3) is 0 Å². The van der Waals surface area contributed by atoms with Crippen LogP contribution in [0.15, 0.2) is 18.2 Å². The van der Waals surface area contributed by atoms with Gasteiger partial charge in [-0.1, -0.05) is 39.8 Å². The molecule has 0 aliphatic carbocycles. The highest BCUT2D eigenvalue weighted by Crippen LogP contribution is 2.33. The van der Waals surface area contributed by atoms with Gasteiger partial charge >= 0.3 is 0 Å². The van der Waals surface area contributed by atoms with Gasteiger partial charge in [0.1, 0.15) is 0 Å². The third-order valence-corrected chi connectivity index (χ3v) is 3.47. The number of rotatable bonds is 3. The van der Waals surface area contributed by atoms with Crippen molar-refractivity contribution in [2.45, 2.75) is 40.2 Å². The molecule has 0 amide bonds. The van der Waals surface area contributed by atoms with Gasteiger partial charge in [0.25, 0.3) is 0 Å². The van der Waals surface area contributed by atoms with Crippen LogP contribution in [0, 0.1) is 23.0 Å². The molecule has 1 aromatic carbocycles. The predicted octanol–water partition coefficient (Wildman–Crippen LogP) is 4.04. The quantitative estimate of drug-likeness (QED) is 0.849. The summed E-state index contributed by atoms with van der Waals surface area (Å²) in [5.41, 5.74) is 6.33. The number of halogens is 2. The Hall–Kier alpha value is -0.960. The van der Waals surface area contributed by atoms with Crippen LogP contribution in [0.2, 0.25) is 0 Å². The molecule has 0 heterocycles. The molecule has 1 aromatic rings. The van der Waals surface area contributed by atoms with Crippen molar-refractivity contribution in [2.75, 3.05) is 0 Å². The minimum absolute atomic E-state index is 0.113. The van der Waals surface area contributed by atoms with E-state index < -0.39 is 17.7 Å². The highest BCUT2D eigenvalue weighted by atomic mass is 19.2. The monoisotopic (exact) mass is 241 g/mol. The topological polar surface area (TPSA) is 26.0 Å². The minimum Gasteiger partial charge on any atom is -0.324 e. The predicted molar refractivity (Wildman–Crippen MR) is 66.5 cm³/mol. The molecule has 0 spiro atoms. The van der Waals surface area contributed by atoms with E-state index in [0.29, 0.717) is 12.3 Å². The van der Waals surface area contributed by atoms with Crippen molar-refractivity contribution >= 4 is 0 Å². The van der Waals surface area contributed by atoms with Crippen LogP contribution < -0.4 is 5.73 Å². The zero-order valence-corrected chi connectivity index (χ0v) is 10.9. The highest BCUT2D eigenvalue weighted by Gasteiger charge is 2.24. The molecule has 0 radical (unpaired) electrons. The normalized spacial score (nSPS) is 15.7. The molecule has 0 fully saturated rings. The molecule has 0 saturated carbocycles. The SMILES string of the molecule is CC(CC(N)c1cccc(F)c1F)C(C)(C)C. The van der Waals surface area contributed by atoms with Crippen molar-refractivity contribution in [3.05, 3.63) is 35.4 Å². The lowest BCUT2D eigenvalue weighted by Crippen LogP contribution is -2.24. The minimum atomic E-state index is -0.832. The lowest BCUT2D eigenvalue weighted by molar-refractivity contribution is 0.232. The van der Waals surface area contributed by atoms with Crippen molar-refractivity contribution in [1.82, 2.24) is 0 Å². The number of benzene rings is 1. The summed E-state index contributed by atoms with van der Waals surface area (Å²) in [5.74, 6) is -1.32. The van der Waals surface area contributed by atoms with Crippen molar-refractivity contribution in [1.29, 1.82) is 0 Å². The summed E-state index contributed by atoms with van der Waals surface area (Å²) in [6.07, 6.45) is 0.643. The van der Waals surface area contributed by atoms with Gasteiger partial charge in [0.05, 0.1) is 0 Å². The molecule has 0 aromatic heterocycles. The van der Waals surface area contributed by atoms with E-state index in [1.54, 1.807) is 6.07 Å². The van der Waals surface area contributed by atoms with Gasteiger partial charge in [0, 0.05) is 11.6 Å². The van der Waals surface area contributed by atoms with Crippen molar-refractivity contribution < 1.29 is 8.78 Å². The molecular weight excluding hydrogens is 220 g/mol. The summed E-state index contributed by atoms with van der Waals surface area (Å²) in [4.78, 5) is 0. The van der Waals surface area contributed by atoms with Crippen LogP contribution in [-0.2, 0) is 0 Å². The Bertz CT molecular complexity index is 382. The number of hydrogen-bond donors (Lipinski definition) is 1. The van der Waals surface area contributed by atoms with E-state index in [9.17, 15) is 8.78 Å². The smallest absolute Gasteiger partial charge is 0.163 e. The zero-order valence-electron chi connectivity index (χ0n) is 10.9. The molecule has 0 bridgehead atoms. The van der Waals surface area contributed by atoms with Crippen LogP contribution in [0.5, 0.6) is 0 Å². The van der Waals surface area contributed by atoms with E-state index in [1.807, 2.05) is 0 Å². The summed E-state index contributed by atoms with van der Waals surface area (Å²) >= 11 is 0. The maximum absolute atomic E-state index is 13.5. The molecule has 1 nitrogen and oxygen atoms in total. The Morgan fingerprint density at radius 1 is 1.24 bits per heavy atom. The Labute approximate surface area is 102 Å². The highest BCUT2D eigenvalue weighted by molar-refractivity contribution is 5.22. The van der Waals surface area contributed by atoms with Crippen molar-refractivity contribution in [3.8, 4) is 0 Å². The first-order chi connectivity index (χ1) is 7.73. The molecule has 0 aliphatic rings. The zero-order chi connectivity index (χ0) is 13.2. The van der Waals surface area contributed by atoms with Gasteiger partial charge in [-0.2, -0.15) is 0 Å². The molecule has 17 heavy (non-hydrogen) atoms. The van der Waals surface area contributed by atoms with Gasteiger partial charge in [-0.05, 0) is 23.8 Å². The Kier molecular flexibility index (Phi) is 4.26. The maximum Gasteiger partial charge on any atom is 0.163 e. The molecule has 96 valence electrons. The Morgan fingerprint density at radius 2 is 1.82 bits per heavy atom.